The van der Waals surface area contributed by atoms with Gasteiger partial charge in [-0.25, -0.2) is 0 Å². The van der Waals surface area contributed by atoms with Gasteiger partial charge >= 0.3 is 0 Å². The number of likely N-dealkylation sites (N-methyl/N-ethyl adjacent to an activating group) is 1. The SMILES string of the molecule is COc1ccc(C(=O)CC2(C)C(=O)N(C)c3ccc(OC)cc32)cc1. The molecule has 2 aromatic rings. The second-order valence-electron chi connectivity index (χ2n) is 6.41. The van der Waals surface area contributed by atoms with Crippen molar-refractivity contribution in [1.82, 2.24) is 0 Å². The molecule has 0 saturated carbocycles. The second kappa shape index (κ2) is 6.24. The van der Waals surface area contributed by atoms with Crippen LogP contribution in [0.4, 0.5) is 5.69 Å². The smallest absolute Gasteiger partial charge is 0.237 e. The van der Waals surface area contributed by atoms with Crippen molar-refractivity contribution in [2.45, 2.75) is 18.8 Å². The third-order valence-electron chi connectivity index (χ3n) is 4.86. The Morgan fingerprint density at radius 2 is 1.64 bits per heavy atom. The van der Waals surface area contributed by atoms with E-state index < -0.39 is 5.41 Å². The molecule has 0 spiro atoms. The van der Waals surface area contributed by atoms with Crippen LogP contribution in [0.2, 0.25) is 0 Å². The number of ketones is 1. The molecule has 2 aromatic carbocycles. The number of nitrogens with zero attached hydrogens (tertiary/aromatic N) is 1. The van der Waals surface area contributed by atoms with Gasteiger partial charge in [-0.1, -0.05) is 0 Å². The van der Waals surface area contributed by atoms with E-state index in [0.717, 1.165) is 11.3 Å². The summed E-state index contributed by atoms with van der Waals surface area (Å²) in [5, 5.41) is 0. The molecule has 1 heterocycles. The number of carbonyl (C=O) groups is 2. The number of hydrogen-bond acceptors (Lipinski definition) is 4. The Labute approximate surface area is 147 Å². The molecule has 5 heteroatoms. The highest BCUT2D eigenvalue weighted by atomic mass is 16.5. The molecule has 1 aliphatic heterocycles. The Hall–Kier alpha value is -2.82. The second-order valence-corrected chi connectivity index (χ2v) is 6.41. The number of amides is 1. The third-order valence-corrected chi connectivity index (χ3v) is 4.86. The number of rotatable bonds is 5. The van der Waals surface area contributed by atoms with Crippen LogP contribution in [-0.2, 0) is 10.2 Å². The number of anilines is 1. The monoisotopic (exact) mass is 339 g/mol. The van der Waals surface area contributed by atoms with Crippen molar-refractivity contribution in [2.24, 2.45) is 0 Å². The van der Waals surface area contributed by atoms with Crippen molar-refractivity contribution in [3.05, 3.63) is 53.6 Å². The van der Waals surface area contributed by atoms with Crippen molar-refractivity contribution in [3.8, 4) is 11.5 Å². The predicted molar refractivity (Wildman–Crippen MR) is 95.7 cm³/mol. The molecule has 5 nitrogen and oxygen atoms in total. The molecule has 0 saturated heterocycles. The maximum Gasteiger partial charge on any atom is 0.237 e. The first-order valence-corrected chi connectivity index (χ1v) is 8.04. The van der Waals surface area contributed by atoms with Crippen LogP contribution in [-0.4, -0.2) is 33.0 Å². The molecule has 0 bridgehead atoms. The van der Waals surface area contributed by atoms with Gasteiger partial charge < -0.3 is 14.4 Å². The summed E-state index contributed by atoms with van der Waals surface area (Å²) in [6, 6.07) is 12.5. The first-order valence-electron chi connectivity index (χ1n) is 8.04. The van der Waals surface area contributed by atoms with Crippen LogP contribution in [0.3, 0.4) is 0 Å². The van der Waals surface area contributed by atoms with Crippen LogP contribution in [0.15, 0.2) is 42.5 Å². The Kier molecular flexibility index (Phi) is 4.25. The molecular formula is C20H21NO4. The lowest BCUT2D eigenvalue weighted by Gasteiger charge is -2.22. The topological polar surface area (TPSA) is 55.8 Å². The average Bonchev–Trinajstić information content (AvgIpc) is 2.83. The minimum atomic E-state index is -0.907. The quantitative estimate of drug-likeness (QED) is 0.785. The summed E-state index contributed by atoms with van der Waals surface area (Å²) in [5.41, 5.74) is 1.29. The van der Waals surface area contributed by atoms with Crippen LogP contribution >= 0.6 is 0 Å². The molecule has 0 aromatic heterocycles. The van der Waals surface area contributed by atoms with Crippen LogP contribution < -0.4 is 14.4 Å². The molecule has 1 unspecified atom stereocenters. The van der Waals surface area contributed by atoms with Gasteiger partial charge in [0.1, 0.15) is 11.5 Å². The number of benzene rings is 2. The minimum absolute atomic E-state index is 0.0810. The summed E-state index contributed by atoms with van der Waals surface area (Å²) in [4.78, 5) is 27.3. The van der Waals surface area contributed by atoms with E-state index in [-0.39, 0.29) is 18.1 Å². The maximum atomic E-state index is 12.9. The van der Waals surface area contributed by atoms with Gasteiger partial charge in [-0.2, -0.15) is 0 Å². The van der Waals surface area contributed by atoms with Gasteiger partial charge in [0.05, 0.1) is 19.6 Å². The maximum absolute atomic E-state index is 12.9. The van der Waals surface area contributed by atoms with E-state index in [2.05, 4.69) is 0 Å². The fraction of sp³-hybridized carbons (Fsp3) is 0.300. The molecule has 3 rings (SSSR count). The number of methoxy groups -OCH3 is 2. The fourth-order valence-corrected chi connectivity index (χ4v) is 3.34. The lowest BCUT2D eigenvalue weighted by Crippen LogP contribution is -2.37. The standard InChI is InChI=1S/C20H21NO4/c1-20(12-18(22)13-5-7-14(24-3)8-6-13)16-11-15(25-4)9-10-17(16)21(2)19(20)23/h5-11H,12H2,1-4H3. The van der Waals surface area contributed by atoms with Crippen LogP contribution in [0.1, 0.15) is 29.3 Å². The van der Waals surface area contributed by atoms with Gasteiger partial charge in [0, 0.05) is 24.7 Å². The lowest BCUT2D eigenvalue weighted by molar-refractivity contribution is -0.122. The third kappa shape index (κ3) is 2.76. The molecule has 1 aliphatic rings. The molecule has 0 fully saturated rings. The summed E-state index contributed by atoms with van der Waals surface area (Å²) < 4.78 is 10.4. The van der Waals surface area contributed by atoms with Gasteiger partial charge in [0.15, 0.2) is 5.78 Å². The van der Waals surface area contributed by atoms with Crippen molar-refractivity contribution >= 4 is 17.4 Å². The highest BCUT2D eigenvalue weighted by molar-refractivity contribution is 6.11. The van der Waals surface area contributed by atoms with Crippen LogP contribution in [0.5, 0.6) is 11.5 Å². The van der Waals surface area contributed by atoms with Gasteiger partial charge in [-0.15, -0.1) is 0 Å². The van der Waals surface area contributed by atoms with Crippen molar-refractivity contribution < 1.29 is 19.1 Å². The lowest BCUT2D eigenvalue weighted by atomic mass is 9.78. The largest absolute Gasteiger partial charge is 0.497 e. The summed E-state index contributed by atoms with van der Waals surface area (Å²) in [5.74, 6) is 1.19. The average molecular weight is 339 g/mol. The Balaban J connectivity index is 1.95. The first-order chi connectivity index (χ1) is 11.9. The molecule has 0 aliphatic carbocycles. The van der Waals surface area contributed by atoms with Crippen LogP contribution in [0.25, 0.3) is 0 Å². The molecule has 25 heavy (non-hydrogen) atoms. The molecule has 0 radical (unpaired) electrons. The van der Waals surface area contributed by atoms with E-state index in [9.17, 15) is 9.59 Å². The molecule has 1 amide bonds. The van der Waals surface area contributed by atoms with E-state index in [1.54, 1.807) is 50.4 Å². The highest BCUT2D eigenvalue weighted by Gasteiger charge is 2.47. The summed E-state index contributed by atoms with van der Waals surface area (Å²) in [7, 11) is 4.90. The van der Waals surface area contributed by atoms with E-state index in [1.165, 1.54) is 0 Å². The van der Waals surface area contributed by atoms with E-state index in [0.29, 0.717) is 17.1 Å². The van der Waals surface area contributed by atoms with E-state index >= 15 is 0 Å². The van der Waals surface area contributed by atoms with Gasteiger partial charge in [-0.05, 0) is 55.0 Å². The van der Waals surface area contributed by atoms with Crippen molar-refractivity contribution in [3.63, 3.8) is 0 Å². The van der Waals surface area contributed by atoms with Crippen molar-refractivity contribution in [1.29, 1.82) is 0 Å². The number of hydrogen-bond donors (Lipinski definition) is 0. The minimum Gasteiger partial charge on any atom is -0.497 e. The number of carbonyl (C=O) groups excluding carboxylic acids is 2. The summed E-state index contributed by atoms with van der Waals surface area (Å²) >= 11 is 0. The normalized spacial score (nSPS) is 18.9. The van der Waals surface area contributed by atoms with Gasteiger partial charge in [-0.3, -0.25) is 9.59 Å². The zero-order valence-electron chi connectivity index (χ0n) is 14.8. The van der Waals surface area contributed by atoms with Gasteiger partial charge in [0.2, 0.25) is 5.91 Å². The fourth-order valence-electron chi connectivity index (χ4n) is 3.34. The molecule has 130 valence electrons. The predicted octanol–water partition coefficient (Wildman–Crippen LogP) is 3.21. The van der Waals surface area contributed by atoms with E-state index in [4.69, 9.17) is 9.47 Å². The number of ether oxygens (including phenoxy) is 2. The summed E-state index contributed by atoms with van der Waals surface area (Å²) in [6.45, 7) is 1.82. The van der Waals surface area contributed by atoms with Crippen LogP contribution in [0, 0.1) is 0 Å². The molecular weight excluding hydrogens is 318 g/mol. The van der Waals surface area contributed by atoms with E-state index in [1.807, 2.05) is 25.1 Å². The van der Waals surface area contributed by atoms with Crippen molar-refractivity contribution in [2.75, 3.05) is 26.2 Å². The zero-order chi connectivity index (χ0) is 18.2. The highest BCUT2D eigenvalue weighted by Crippen LogP contribution is 2.45. The Morgan fingerprint density at radius 3 is 2.24 bits per heavy atom. The number of fused-ring (bicyclic) bond motifs is 1. The molecule has 0 N–H and O–H groups in total. The first kappa shape index (κ1) is 17.0. The Morgan fingerprint density at radius 1 is 1.04 bits per heavy atom. The van der Waals surface area contributed by atoms with Gasteiger partial charge in [0.25, 0.3) is 0 Å². The molecule has 1 atom stereocenters. The zero-order valence-corrected chi connectivity index (χ0v) is 14.8. The summed E-state index contributed by atoms with van der Waals surface area (Å²) in [6.07, 6.45) is 0.0999. The number of Topliss-reactive ketones (excluding diaryl/α,β-unsaturated/α-hetero) is 1. The Bertz CT molecular complexity index is 828.